The van der Waals surface area contributed by atoms with E-state index in [0.717, 1.165) is 11.1 Å². The summed E-state index contributed by atoms with van der Waals surface area (Å²) >= 11 is 1.20. The number of hydrogen-bond donors (Lipinski definition) is 1. The number of ether oxygens (including phenoxy) is 4. The number of aromatic nitrogens is 3. The lowest BCUT2D eigenvalue weighted by atomic mass is 10.0. The third kappa shape index (κ3) is 5.75. The Labute approximate surface area is 218 Å². The van der Waals surface area contributed by atoms with Crippen LogP contribution >= 0.6 is 11.8 Å². The second kappa shape index (κ2) is 11.2. The van der Waals surface area contributed by atoms with Gasteiger partial charge in [0, 0.05) is 22.9 Å². The number of hydrogen-bond acceptors (Lipinski definition) is 9. The van der Waals surface area contributed by atoms with Crippen LogP contribution < -0.4 is 24.3 Å². The Balaban J connectivity index is 1.37. The van der Waals surface area contributed by atoms with Gasteiger partial charge < -0.3 is 24.3 Å². The minimum Gasteiger partial charge on any atom is -0.497 e. The molecule has 0 saturated carbocycles. The van der Waals surface area contributed by atoms with Crippen LogP contribution in [0.5, 0.6) is 23.0 Å². The molecule has 9 nitrogen and oxygen atoms in total. The Morgan fingerprint density at radius 3 is 2.24 bits per heavy atom. The fourth-order valence-corrected chi connectivity index (χ4v) is 4.34. The van der Waals surface area contributed by atoms with Crippen LogP contribution in [0.2, 0.25) is 0 Å². The standard InChI is InChI=1S/C27H24N4O5S/c1-33-20-7-3-5-17(13-20)25-26(18-6-4-8-21(14-18)34-2)30-31-27(29-25)37-16-24(32)28-19-9-10-22-23(15-19)36-12-11-35-22/h3-10,13-15H,11-12,16H2,1-2H3,(H,28,32). The normalized spacial score (nSPS) is 12.1. The molecule has 188 valence electrons. The number of rotatable bonds is 8. The molecule has 1 N–H and O–H groups in total. The highest BCUT2D eigenvalue weighted by molar-refractivity contribution is 7.99. The van der Waals surface area contributed by atoms with Gasteiger partial charge in [0.05, 0.1) is 20.0 Å². The van der Waals surface area contributed by atoms with E-state index < -0.39 is 0 Å². The summed E-state index contributed by atoms with van der Waals surface area (Å²) in [6.07, 6.45) is 0. The maximum atomic E-state index is 12.6. The summed E-state index contributed by atoms with van der Waals surface area (Å²) in [5, 5.41) is 12.0. The van der Waals surface area contributed by atoms with Crippen molar-refractivity contribution < 1.29 is 23.7 Å². The lowest BCUT2D eigenvalue weighted by Crippen LogP contribution is -2.17. The SMILES string of the molecule is COc1cccc(-c2nnc(SCC(=O)Nc3ccc4c(c3)OCCO4)nc2-c2cccc(OC)c2)c1. The summed E-state index contributed by atoms with van der Waals surface area (Å²) in [5.41, 5.74) is 3.47. The van der Waals surface area contributed by atoms with Crippen molar-refractivity contribution in [3.05, 3.63) is 66.7 Å². The lowest BCUT2D eigenvalue weighted by Gasteiger charge is -2.19. The number of benzene rings is 3. The van der Waals surface area contributed by atoms with E-state index in [1.165, 1.54) is 11.8 Å². The number of nitrogens with one attached hydrogen (secondary N) is 1. The number of methoxy groups -OCH3 is 2. The molecule has 1 aliphatic heterocycles. The van der Waals surface area contributed by atoms with Crippen molar-refractivity contribution in [1.82, 2.24) is 15.2 Å². The van der Waals surface area contributed by atoms with E-state index in [1.807, 2.05) is 48.5 Å². The minimum absolute atomic E-state index is 0.103. The summed E-state index contributed by atoms with van der Waals surface area (Å²) < 4.78 is 21.9. The average molecular weight is 517 g/mol. The molecule has 3 aromatic carbocycles. The predicted molar refractivity (Wildman–Crippen MR) is 141 cm³/mol. The molecule has 5 rings (SSSR count). The molecule has 0 bridgehead atoms. The predicted octanol–water partition coefficient (Wildman–Crippen LogP) is 4.72. The summed E-state index contributed by atoms with van der Waals surface area (Å²) in [7, 11) is 3.23. The third-order valence-corrected chi connectivity index (χ3v) is 6.35. The topological polar surface area (TPSA) is 105 Å². The van der Waals surface area contributed by atoms with Gasteiger partial charge in [0.15, 0.2) is 11.5 Å². The number of nitrogens with zero attached hydrogens (tertiary/aromatic N) is 3. The molecule has 0 atom stereocenters. The van der Waals surface area contributed by atoms with Crippen LogP contribution in [0, 0.1) is 0 Å². The van der Waals surface area contributed by atoms with E-state index in [9.17, 15) is 4.79 Å². The molecule has 0 unspecified atom stereocenters. The van der Waals surface area contributed by atoms with Crippen molar-refractivity contribution in [1.29, 1.82) is 0 Å². The van der Waals surface area contributed by atoms with Gasteiger partial charge in [-0.2, -0.15) is 0 Å². The summed E-state index contributed by atoms with van der Waals surface area (Å²) in [6.45, 7) is 0.990. The van der Waals surface area contributed by atoms with E-state index in [2.05, 4.69) is 15.5 Å². The Morgan fingerprint density at radius 1 is 0.865 bits per heavy atom. The van der Waals surface area contributed by atoms with Crippen LogP contribution in [0.15, 0.2) is 71.9 Å². The van der Waals surface area contributed by atoms with Gasteiger partial charge >= 0.3 is 0 Å². The highest BCUT2D eigenvalue weighted by Crippen LogP contribution is 2.34. The number of anilines is 1. The smallest absolute Gasteiger partial charge is 0.234 e. The number of carbonyl (C=O) groups excluding carboxylic acids is 1. The Bertz CT molecular complexity index is 1430. The minimum atomic E-state index is -0.204. The van der Waals surface area contributed by atoms with Crippen molar-refractivity contribution >= 4 is 23.4 Å². The molecule has 2 heterocycles. The second-order valence-corrected chi connectivity index (χ2v) is 8.89. The monoisotopic (exact) mass is 516 g/mol. The first kappa shape index (κ1) is 24.4. The van der Waals surface area contributed by atoms with E-state index in [4.69, 9.17) is 23.9 Å². The van der Waals surface area contributed by atoms with Crippen molar-refractivity contribution in [2.75, 3.05) is 38.5 Å². The quantitative estimate of drug-likeness (QED) is 0.333. The van der Waals surface area contributed by atoms with Crippen molar-refractivity contribution in [2.45, 2.75) is 5.16 Å². The summed E-state index contributed by atoms with van der Waals surface area (Å²) in [4.78, 5) is 17.4. The first-order chi connectivity index (χ1) is 18.1. The largest absolute Gasteiger partial charge is 0.497 e. The molecule has 1 amide bonds. The zero-order chi connectivity index (χ0) is 25.6. The number of thioether (sulfide) groups is 1. The number of fused-ring (bicyclic) bond motifs is 1. The zero-order valence-electron chi connectivity index (χ0n) is 20.3. The molecular formula is C27H24N4O5S. The Morgan fingerprint density at radius 2 is 1.54 bits per heavy atom. The van der Waals surface area contributed by atoms with Crippen LogP contribution in [0.3, 0.4) is 0 Å². The van der Waals surface area contributed by atoms with Gasteiger partial charge in [-0.05, 0) is 36.4 Å². The van der Waals surface area contributed by atoms with Gasteiger partial charge in [-0.1, -0.05) is 36.0 Å². The Hall–Kier alpha value is -4.31. The molecule has 0 spiro atoms. The lowest BCUT2D eigenvalue weighted by molar-refractivity contribution is -0.113. The summed E-state index contributed by atoms with van der Waals surface area (Å²) in [5.74, 6) is 2.57. The fourth-order valence-electron chi connectivity index (χ4n) is 3.76. The van der Waals surface area contributed by atoms with Crippen LogP contribution in [0.25, 0.3) is 22.5 Å². The molecule has 4 aromatic rings. The highest BCUT2D eigenvalue weighted by atomic mass is 32.2. The third-order valence-electron chi connectivity index (χ3n) is 5.51. The van der Waals surface area contributed by atoms with Gasteiger partial charge in [0.2, 0.25) is 11.1 Å². The van der Waals surface area contributed by atoms with Crippen LogP contribution in [0.1, 0.15) is 0 Å². The second-order valence-electron chi connectivity index (χ2n) is 7.95. The van der Waals surface area contributed by atoms with Crippen LogP contribution in [-0.4, -0.2) is 54.3 Å². The van der Waals surface area contributed by atoms with Crippen molar-refractivity contribution in [3.63, 3.8) is 0 Å². The van der Waals surface area contributed by atoms with Crippen molar-refractivity contribution in [3.8, 4) is 45.5 Å². The van der Waals surface area contributed by atoms with Gasteiger partial charge in [-0.15, -0.1) is 10.2 Å². The first-order valence-corrected chi connectivity index (χ1v) is 12.5. The highest BCUT2D eigenvalue weighted by Gasteiger charge is 2.17. The van der Waals surface area contributed by atoms with Crippen molar-refractivity contribution in [2.24, 2.45) is 0 Å². The molecule has 1 aromatic heterocycles. The zero-order valence-corrected chi connectivity index (χ0v) is 21.1. The van der Waals surface area contributed by atoms with Crippen LogP contribution in [-0.2, 0) is 4.79 Å². The number of carbonyl (C=O) groups is 1. The van der Waals surface area contributed by atoms with E-state index in [-0.39, 0.29) is 11.7 Å². The Kier molecular flexibility index (Phi) is 7.36. The molecule has 0 aliphatic carbocycles. The van der Waals surface area contributed by atoms with Gasteiger partial charge in [-0.25, -0.2) is 4.98 Å². The van der Waals surface area contributed by atoms with Gasteiger partial charge in [0.1, 0.15) is 36.1 Å². The molecule has 0 saturated heterocycles. The maximum absolute atomic E-state index is 12.6. The van der Waals surface area contributed by atoms with E-state index >= 15 is 0 Å². The molecule has 0 fully saturated rings. The van der Waals surface area contributed by atoms with Gasteiger partial charge in [-0.3, -0.25) is 4.79 Å². The molecule has 10 heteroatoms. The molecule has 0 radical (unpaired) electrons. The molecular weight excluding hydrogens is 492 g/mol. The number of amides is 1. The van der Waals surface area contributed by atoms with Crippen LogP contribution in [0.4, 0.5) is 5.69 Å². The maximum Gasteiger partial charge on any atom is 0.234 e. The van der Waals surface area contributed by atoms with E-state index in [1.54, 1.807) is 32.4 Å². The van der Waals surface area contributed by atoms with Gasteiger partial charge in [0.25, 0.3) is 0 Å². The average Bonchev–Trinajstić information content (AvgIpc) is 2.96. The molecule has 37 heavy (non-hydrogen) atoms. The fraction of sp³-hybridized carbons (Fsp3) is 0.185. The van der Waals surface area contributed by atoms with E-state index in [0.29, 0.717) is 58.4 Å². The first-order valence-electron chi connectivity index (χ1n) is 11.5. The molecule has 1 aliphatic rings. The summed E-state index contributed by atoms with van der Waals surface area (Å²) in [6, 6.07) is 20.4.